The summed E-state index contributed by atoms with van der Waals surface area (Å²) >= 11 is 0. The van der Waals surface area contributed by atoms with Crippen molar-refractivity contribution in [2.24, 2.45) is 5.73 Å². The lowest BCUT2D eigenvalue weighted by atomic mass is 10.0. The van der Waals surface area contributed by atoms with Crippen molar-refractivity contribution in [2.45, 2.75) is 20.4 Å². The fraction of sp³-hybridized carbons (Fsp3) is 0.167. The number of rotatable bonds is 3. The van der Waals surface area contributed by atoms with Crippen molar-refractivity contribution in [3.8, 4) is 11.1 Å². The molecule has 1 aromatic carbocycles. The number of fused-ring (bicyclic) bond motifs is 1. The molecule has 3 aromatic rings. The molecule has 0 saturated carbocycles. The molecule has 0 unspecified atom stereocenters. The van der Waals surface area contributed by atoms with Gasteiger partial charge in [0.25, 0.3) is 0 Å². The van der Waals surface area contributed by atoms with E-state index in [1.807, 2.05) is 24.5 Å². The first kappa shape index (κ1) is 13.6. The van der Waals surface area contributed by atoms with Crippen LogP contribution in [0.1, 0.15) is 25.0 Å². The highest BCUT2D eigenvalue weighted by atomic mass is 14.8. The number of aromatic amines is 1. The molecular formula is C18H19N3. The number of pyridine rings is 1. The van der Waals surface area contributed by atoms with E-state index < -0.39 is 0 Å². The van der Waals surface area contributed by atoms with E-state index in [0.717, 1.165) is 27.7 Å². The van der Waals surface area contributed by atoms with Gasteiger partial charge in [0, 0.05) is 35.5 Å². The zero-order valence-corrected chi connectivity index (χ0v) is 12.4. The van der Waals surface area contributed by atoms with Crippen molar-refractivity contribution in [3.05, 3.63) is 59.9 Å². The monoisotopic (exact) mass is 277 g/mol. The summed E-state index contributed by atoms with van der Waals surface area (Å²) in [5.41, 5.74) is 12.5. The van der Waals surface area contributed by atoms with Crippen molar-refractivity contribution in [3.63, 3.8) is 0 Å². The lowest BCUT2D eigenvalue weighted by Gasteiger charge is -2.05. The van der Waals surface area contributed by atoms with Crippen LogP contribution in [0.5, 0.6) is 0 Å². The molecule has 2 aromatic heterocycles. The van der Waals surface area contributed by atoms with Gasteiger partial charge in [-0.1, -0.05) is 24.3 Å². The molecule has 0 aliphatic carbocycles. The third kappa shape index (κ3) is 2.48. The van der Waals surface area contributed by atoms with Gasteiger partial charge < -0.3 is 10.7 Å². The number of hydrogen-bond donors (Lipinski definition) is 2. The van der Waals surface area contributed by atoms with Gasteiger partial charge >= 0.3 is 0 Å². The van der Waals surface area contributed by atoms with Gasteiger partial charge in [0.1, 0.15) is 5.65 Å². The molecule has 3 rings (SSSR count). The second-order valence-corrected chi connectivity index (χ2v) is 5.20. The molecule has 0 aliphatic heterocycles. The Balaban J connectivity index is 2.15. The van der Waals surface area contributed by atoms with Crippen LogP contribution in [0.4, 0.5) is 0 Å². The Morgan fingerprint density at radius 3 is 2.90 bits per heavy atom. The molecule has 2 heterocycles. The maximum atomic E-state index is 5.72. The van der Waals surface area contributed by atoms with Crippen LogP contribution in [0.2, 0.25) is 0 Å². The average Bonchev–Trinajstić information content (AvgIpc) is 2.97. The van der Waals surface area contributed by atoms with Crippen LogP contribution in [0, 0.1) is 0 Å². The summed E-state index contributed by atoms with van der Waals surface area (Å²) < 4.78 is 0. The van der Waals surface area contributed by atoms with Crippen LogP contribution in [0.25, 0.3) is 27.7 Å². The molecular weight excluding hydrogens is 258 g/mol. The highest BCUT2D eigenvalue weighted by molar-refractivity contribution is 5.92. The minimum Gasteiger partial charge on any atom is -0.346 e. The van der Waals surface area contributed by atoms with E-state index in [1.54, 1.807) is 0 Å². The average molecular weight is 277 g/mol. The van der Waals surface area contributed by atoms with Gasteiger partial charge in [-0.3, -0.25) is 0 Å². The van der Waals surface area contributed by atoms with Crippen LogP contribution >= 0.6 is 0 Å². The lowest BCUT2D eigenvalue weighted by molar-refractivity contribution is 1.07. The van der Waals surface area contributed by atoms with Gasteiger partial charge in [0.05, 0.1) is 0 Å². The van der Waals surface area contributed by atoms with E-state index in [1.165, 1.54) is 11.1 Å². The third-order valence-electron chi connectivity index (χ3n) is 3.88. The zero-order valence-electron chi connectivity index (χ0n) is 12.4. The summed E-state index contributed by atoms with van der Waals surface area (Å²) in [7, 11) is 0. The van der Waals surface area contributed by atoms with E-state index >= 15 is 0 Å². The summed E-state index contributed by atoms with van der Waals surface area (Å²) in [5.74, 6) is 0. The Morgan fingerprint density at radius 1 is 1.29 bits per heavy atom. The van der Waals surface area contributed by atoms with Crippen LogP contribution < -0.4 is 5.73 Å². The first-order valence-electron chi connectivity index (χ1n) is 7.12. The minimum absolute atomic E-state index is 0.552. The number of nitrogens with zero attached hydrogens (tertiary/aromatic N) is 1. The summed E-state index contributed by atoms with van der Waals surface area (Å²) in [6.45, 7) is 4.72. The van der Waals surface area contributed by atoms with E-state index in [0.29, 0.717) is 6.54 Å². The normalized spacial score (nSPS) is 12.0. The van der Waals surface area contributed by atoms with Crippen molar-refractivity contribution in [1.82, 2.24) is 9.97 Å². The molecule has 0 spiro atoms. The zero-order chi connectivity index (χ0) is 14.8. The molecule has 0 saturated heterocycles. The number of nitrogens with one attached hydrogen (secondary N) is 1. The highest BCUT2D eigenvalue weighted by Crippen LogP contribution is 2.28. The number of aromatic nitrogens is 2. The number of H-pyrrole nitrogens is 1. The second-order valence-electron chi connectivity index (χ2n) is 5.20. The van der Waals surface area contributed by atoms with E-state index in [9.17, 15) is 0 Å². The lowest BCUT2D eigenvalue weighted by Crippen LogP contribution is -1.95. The molecule has 3 nitrogen and oxygen atoms in total. The number of benzene rings is 1. The largest absolute Gasteiger partial charge is 0.346 e. The van der Waals surface area contributed by atoms with Gasteiger partial charge in [-0.2, -0.15) is 0 Å². The molecule has 21 heavy (non-hydrogen) atoms. The first-order chi connectivity index (χ1) is 10.2. The topological polar surface area (TPSA) is 54.7 Å². The van der Waals surface area contributed by atoms with Gasteiger partial charge in [0.2, 0.25) is 0 Å². The van der Waals surface area contributed by atoms with Gasteiger partial charge in [-0.15, -0.1) is 0 Å². The standard InChI is InChI=1S/C18H19N3/c1-3-12(2)17-11-21-18-16(17)8-15(10-20-18)14-6-4-5-13(7-14)9-19/h3-8,10-11H,9,19H2,1-2H3,(H,20,21)/b12-3+. The Bertz CT molecular complexity index is 812. The number of hydrogen-bond acceptors (Lipinski definition) is 2. The van der Waals surface area contributed by atoms with E-state index in [2.05, 4.69) is 48.1 Å². The Morgan fingerprint density at radius 2 is 2.14 bits per heavy atom. The van der Waals surface area contributed by atoms with Crippen LogP contribution in [-0.2, 0) is 6.54 Å². The summed E-state index contributed by atoms with van der Waals surface area (Å²) in [6, 6.07) is 10.5. The van der Waals surface area contributed by atoms with Gasteiger partial charge in [-0.05, 0) is 42.7 Å². The summed E-state index contributed by atoms with van der Waals surface area (Å²) in [5, 5.41) is 1.15. The smallest absolute Gasteiger partial charge is 0.137 e. The summed E-state index contributed by atoms with van der Waals surface area (Å²) in [6.07, 6.45) is 6.04. The van der Waals surface area contributed by atoms with E-state index in [-0.39, 0.29) is 0 Å². The molecule has 106 valence electrons. The fourth-order valence-corrected chi connectivity index (χ4v) is 2.52. The number of allylic oxidation sites excluding steroid dienone is 2. The number of nitrogens with two attached hydrogens (primary N) is 1. The second kappa shape index (κ2) is 5.54. The molecule has 0 fully saturated rings. The molecule has 3 heteroatoms. The minimum atomic E-state index is 0.552. The Kier molecular flexibility index (Phi) is 3.59. The Hall–Kier alpha value is -2.39. The maximum Gasteiger partial charge on any atom is 0.137 e. The SMILES string of the molecule is C/C=C(\C)c1c[nH]c2ncc(-c3cccc(CN)c3)cc12. The van der Waals surface area contributed by atoms with Crippen molar-refractivity contribution in [2.75, 3.05) is 0 Å². The van der Waals surface area contributed by atoms with Crippen molar-refractivity contribution >= 4 is 16.6 Å². The maximum absolute atomic E-state index is 5.72. The molecule has 0 bridgehead atoms. The molecule has 3 N–H and O–H groups in total. The fourth-order valence-electron chi connectivity index (χ4n) is 2.52. The Labute approximate surface area is 124 Å². The van der Waals surface area contributed by atoms with Gasteiger partial charge in [0.15, 0.2) is 0 Å². The third-order valence-corrected chi connectivity index (χ3v) is 3.88. The molecule has 0 radical (unpaired) electrons. The molecule has 0 atom stereocenters. The quantitative estimate of drug-likeness (QED) is 0.757. The molecule has 0 aliphatic rings. The van der Waals surface area contributed by atoms with Crippen LogP contribution in [0.15, 0.2) is 48.8 Å². The highest BCUT2D eigenvalue weighted by Gasteiger charge is 2.08. The molecule has 0 amide bonds. The first-order valence-corrected chi connectivity index (χ1v) is 7.12. The predicted octanol–water partition coefficient (Wildman–Crippen LogP) is 4.11. The summed E-state index contributed by atoms with van der Waals surface area (Å²) in [4.78, 5) is 7.77. The van der Waals surface area contributed by atoms with Crippen molar-refractivity contribution in [1.29, 1.82) is 0 Å². The van der Waals surface area contributed by atoms with Gasteiger partial charge in [-0.25, -0.2) is 4.98 Å². The van der Waals surface area contributed by atoms with Crippen LogP contribution in [0.3, 0.4) is 0 Å². The van der Waals surface area contributed by atoms with Crippen molar-refractivity contribution < 1.29 is 0 Å². The van der Waals surface area contributed by atoms with E-state index in [4.69, 9.17) is 5.73 Å². The van der Waals surface area contributed by atoms with Crippen LogP contribution in [-0.4, -0.2) is 9.97 Å². The predicted molar refractivity (Wildman–Crippen MR) is 88.7 cm³/mol.